The Bertz CT molecular complexity index is 596. The molecule has 24 heavy (non-hydrogen) atoms. The van der Waals surface area contributed by atoms with Crippen LogP contribution in [0.25, 0.3) is 0 Å². The van der Waals surface area contributed by atoms with Crippen LogP contribution in [0.1, 0.15) is 57.1 Å². The number of urea groups is 1. The summed E-state index contributed by atoms with van der Waals surface area (Å²) >= 11 is 0. The van der Waals surface area contributed by atoms with Crippen LogP contribution in [-0.2, 0) is 4.79 Å². The normalized spacial score (nSPS) is 15.8. The SMILES string of the molecule is CCC1(CNC(=O)Nc2cc(C)c(NC(C)=O)c(C)c2)CCCC1. The summed E-state index contributed by atoms with van der Waals surface area (Å²) in [5.74, 6) is -0.0962. The molecule has 3 N–H and O–H groups in total. The fourth-order valence-corrected chi connectivity index (χ4v) is 3.63. The van der Waals surface area contributed by atoms with Crippen LogP contribution in [0.15, 0.2) is 12.1 Å². The van der Waals surface area contributed by atoms with Crippen molar-refractivity contribution in [2.24, 2.45) is 5.41 Å². The number of hydrogen-bond acceptors (Lipinski definition) is 2. The summed E-state index contributed by atoms with van der Waals surface area (Å²) in [6.07, 6.45) is 6.04. The van der Waals surface area contributed by atoms with Crippen molar-refractivity contribution in [2.75, 3.05) is 17.2 Å². The van der Waals surface area contributed by atoms with Crippen LogP contribution in [0, 0.1) is 19.3 Å². The van der Waals surface area contributed by atoms with Gasteiger partial charge >= 0.3 is 6.03 Å². The summed E-state index contributed by atoms with van der Waals surface area (Å²) in [5.41, 5.74) is 3.69. The fourth-order valence-electron chi connectivity index (χ4n) is 3.63. The Hall–Kier alpha value is -2.04. The van der Waals surface area contributed by atoms with Gasteiger partial charge in [-0.25, -0.2) is 4.79 Å². The Morgan fingerprint density at radius 2 is 1.67 bits per heavy atom. The predicted molar refractivity (Wildman–Crippen MR) is 98.4 cm³/mol. The van der Waals surface area contributed by atoms with Crippen LogP contribution >= 0.6 is 0 Å². The van der Waals surface area contributed by atoms with Crippen molar-refractivity contribution >= 4 is 23.3 Å². The molecule has 132 valence electrons. The molecule has 2 rings (SSSR count). The average Bonchev–Trinajstić information content (AvgIpc) is 2.98. The van der Waals surface area contributed by atoms with Crippen LogP contribution in [0.3, 0.4) is 0 Å². The van der Waals surface area contributed by atoms with E-state index in [1.807, 2.05) is 26.0 Å². The number of nitrogens with one attached hydrogen (secondary N) is 3. The minimum Gasteiger partial charge on any atom is -0.337 e. The minimum atomic E-state index is -0.166. The van der Waals surface area contributed by atoms with E-state index in [2.05, 4.69) is 22.9 Å². The highest BCUT2D eigenvalue weighted by atomic mass is 16.2. The Morgan fingerprint density at radius 1 is 1.08 bits per heavy atom. The van der Waals surface area contributed by atoms with E-state index in [0.29, 0.717) is 0 Å². The van der Waals surface area contributed by atoms with E-state index < -0.39 is 0 Å². The fraction of sp³-hybridized carbons (Fsp3) is 0.579. The van der Waals surface area contributed by atoms with Crippen molar-refractivity contribution in [1.82, 2.24) is 5.32 Å². The third-order valence-electron chi connectivity index (χ3n) is 5.13. The zero-order valence-electron chi connectivity index (χ0n) is 15.2. The summed E-state index contributed by atoms with van der Waals surface area (Å²) in [7, 11) is 0. The summed E-state index contributed by atoms with van der Waals surface area (Å²) in [4.78, 5) is 23.5. The Morgan fingerprint density at radius 3 is 2.17 bits per heavy atom. The largest absolute Gasteiger partial charge is 0.337 e. The highest BCUT2D eigenvalue weighted by Crippen LogP contribution is 2.40. The number of benzene rings is 1. The van der Waals surface area contributed by atoms with E-state index in [1.165, 1.54) is 32.6 Å². The number of carbonyl (C=O) groups excluding carboxylic acids is 2. The number of hydrogen-bond donors (Lipinski definition) is 3. The van der Waals surface area contributed by atoms with Gasteiger partial charge in [-0.3, -0.25) is 4.79 Å². The van der Waals surface area contributed by atoms with Crippen molar-refractivity contribution in [2.45, 2.75) is 59.8 Å². The molecule has 0 spiro atoms. The first-order chi connectivity index (χ1) is 11.3. The van der Waals surface area contributed by atoms with E-state index >= 15 is 0 Å². The highest BCUT2D eigenvalue weighted by molar-refractivity contribution is 5.93. The lowest BCUT2D eigenvalue weighted by molar-refractivity contribution is -0.114. The molecule has 0 heterocycles. The van der Waals surface area contributed by atoms with Crippen LogP contribution in [0.2, 0.25) is 0 Å². The van der Waals surface area contributed by atoms with Crippen LogP contribution in [0.4, 0.5) is 16.2 Å². The molecule has 5 heteroatoms. The highest BCUT2D eigenvalue weighted by Gasteiger charge is 2.32. The van der Waals surface area contributed by atoms with Gasteiger partial charge in [0.2, 0.25) is 5.91 Å². The van der Waals surface area contributed by atoms with Gasteiger partial charge in [-0.05, 0) is 61.8 Å². The molecule has 0 unspecified atom stereocenters. The second-order valence-corrected chi connectivity index (χ2v) is 7.03. The van der Waals surface area contributed by atoms with Crippen molar-refractivity contribution in [3.8, 4) is 0 Å². The van der Waals surface area contributed by atoms with E-state index in [-0.39, 0.29) is 17.4 Å². The molecule has 0 aliphatic heterocycles. The van der Waals surface area contributed by atoms with Crippen molar-refractivity contribution in [3.05, 3.63) is 23.3 Å². The summed E-state index contributed by atoms with van der Waals surface area (Å²) in [5, 5.41) is 8.77. The molecular weight excluding hydrogens is 302 g/mol. The molecule has 1 aromatic carbocycles. The second-order valence-electron chi connectivity index (χ2n) is 7.03. The lowest BCUT2D eigenvalue weighted by atomic mass is 9.83. The molecule has 1 aromatic rings. The van der Waals surface area contributed by atoms with Gasteiger partial charge in [0.05, 0.1) is 0 Å². The quantitative estimate of drug-likeness (QED) is 0.750. The van der Waals surface area contributed by atoms with Crippen molar-refractivity contribution in [1.29, 1.82) is 0 Å². The van der Waals surface area contributed by atoms with Gasteiger partial charge in [0.1, 0.15) is 0 Å². The number of aryl methyl sites for hydroxylation is 2. The molecule has 1 saturated carbocycles. The van der Waals surface area contributed by atoms with Gasteiger partial charge in [-0.15, -0.1) is 0 Å². The molecule has 0 radical (unpaired) electrons. The predicted octanol–water partition coefficient (Wildman–Crippen LogP) is 4.35. The number of anilines is 2. The monoisotopic (exact) mass is 331 g/mol. The zero-order chi connectivity index (χ0) is 17.7. The molecule has 5 nitrogen and oxygen atoms in total. The zero-order valence-corrected chi connectivity index (χ0v) is 15.2. The number of carbonyl (C=O) groups is 2. The summed E-state index contributed by atoms with van der Waals surface area (Å²) < 4.78 is 0. The number of amides is 3. The lowest BCUT2D eigenvalue weighted by Gasteiger charge is -2.27. The first kappa shape index (κ1) is 18.3. The Kier molecular flexibility index (Phi) is 5.86. The van der Waals surface area contributed by atoms with E-state index in [0.717, 1.165) is 35.5 Å². The third-order valence-corrected chi connectivity index (χ3v) is 5.13. The van der Waals surface area contributed by atoms with Crippen LogP contribution < -0.4 is 16.0 Å². The smallest absolute Gasteiger partial charge is 0.319 e. The second kappa shape index (κ2) is 7.69. The van der Waals surface area contributed by atoms with E-state index in [9.17, 15) is 9.59 Å². The molecular formula is C19H29N3O2. The maximum Gasteiger partial charge on any atom is 0.319 e. The Balaban J connectivity index is 1.97. The van der Waals surface area contributed by atoms with Crippen LogP contribution in [-0.4, -0.2) is 18.5 Å². The maximum absolute atomic E-state index is 12.2. The third kappa shape index (κ3) is 4.49. The van der Waals surface area contributed by atoms with E-state index in [4.69, 9.17) is 0 Å². The Labute approximate surface area is 144 Å². The van der Waals surface area contributed by atoms with Gasteiger partial charge in [-0.2, -0.15) is 0 Å². The minimum absolute atomic E-state index is 0.0962. The standard InChI is InChI=1S/C19H29N3O2/c1-5-19(8-6-7-9-19)12-20-18(24)22-16-10-13(2)17(14(3)11-16)21-15(4)23/h10-11H,5-9,12H2,1-4H3,(H,21,23)(H2,20,22,24). The molecule has 1 aliphatic carbocycles. The molecule has 1 fully saturated rings. The average molecular weight is 331 g/mol. The molecule has 0 aromatic heterocycles. The maximum atomic E-state index is 12.2. The molecule has 3 amide bonds. The molecule has 0 bridgehead atoms. The summed E-state index contributed by atoms with van der Waals surface area (Å²) in [6, 6.07) is 3.59. The van der Waals surface area contributed by atoms with Crippen molar-refractivity contribution in [3.63, 3.8) is 0 Å². The van der Waals surface area contributed by atoms with E-state index in [1.54, 1.807) is 0 Å². The molecule has 1 aliphatic rings. The van der Waals surface area contributed by atoms with Crippen molar-refractivity contribution < 1.29 is 9.59 Å². The molecule has 0 atom stereocenters. The number of rotatable bonds is 5. The molecule has 0 saturated heterocycles. The van der Waals surface area contributed by atoms with Gasteiger partial charge in [0.25, 0.3) is 0 Å². The van der Waals surface area contributed by atoms with Gasteiger partial charge in [0.15, 0.2) is 0 Å². The summed E-state index contributed by atoms with van der Waals surface area (Å²) in [6.45, 7) is 8.28. The lowest BCUT2D eigenvalue weighted by Crippen LogP contribution is -2.38. The van der Waals surface area contributed by atoms with Gasteiger partial charge in [-0.1, -0.05) is 19.8 Å². The topological polar surface area (TPSA) is 70.2 Å². The van der Waals surface area contributed by atoms with Crippen LogP contribution in [0.5, 0.6) is 0 Å². The first-order valence-corrected chi connectivity index (χ1v) is 8.79. The first-order valence-electron chi connectivity index (χ1n) is 8.79. The van der Waals surface area contributed by atoms with Gasteiger partial charge in [0, 0.05) is 24.8 Å². The van der Waals surface area contributed by atoms with Gasteiger partial charge < -0.3 is 16.0 Å².